The predicted octanol–water partition coefficient (Wildman–Crippen LogP) is 4.46. The summed E-state index contributed by atoms with van der Waals surface area (Å²) in [6, 6.07) is 6.90. The summed E-state index contributed by atoms with van der Waals surface area (Å²) in [6.45, 7) is 4.03. The molecule has 1 aromatic heterocycles. The number of amides is 1. The van der Waals surface area contributed by atoms with Gasteiger partial charge in [0, 0.05) is 23.5 Å². The first-order chi connectivity index (χ1) is 9.95. The number of halogens is 2. The second-order valence-electron chi connectivity index (χ2n) is 4.84. The second kappa shape index (κ2) is 6.78. The number of nitrogens with zero attached hydrogens (tertiary/aromatic N) is 1. The Labute approximate surface area is 133 Å². The molecule has 2 aromatic rings. The first kappa shape index (κ1) is 15.6. The van der Waals surface area contributed by atoms with Gasteiger partial charge in [-0.25, -0.2) is 0 Å². The molecule has 110 valence electrons. The van der Waals surface area contributed by atoms with Crippen LogP contribution in [0.2, 0.25) is 10.0 Å². The minimum Gasteiger partial charge on any atom is -0.382 e. The first-order valence-corrected chi connectivity index (χ1v) is 7.19. The highest BCUT2D eigenvalue weighted by molar-refractivity contribution is 6.36. The molecule has 0 atom stereocenters. The van der Waals surface area contributed by atoms with Gasteiger partial charge in [0.2, 0.25) is 0 Å². The number of benzene rings is 1. The number of hydrogen-bond donors (Lipinski definition) is 2. The summed E-state index contributed by atoms with van der Waals surface area (Å²) in [5, 5.41) is 6.84. The third kappa shape index (κ3) is 4.34. The van der Waals surface area contributed by atoms with Gasteiger partial charge in [-0.1, -0.05) is 23.2 Å². The van der Waals surface area contributed by atoms with E-state index in [-0.39, 0.29) is 11.9 Å². The average molecular weight is 324 g/mol. The average Bonchev–Trinajstić information content (AvgIpc) is 2.41. The molecule has 21 heavy (non-hydrogen) atoms. The molecule has 1 aromatic carbocycles. The molecule has 0 radical (unpaired) electrons. The van der Waals surface area contributed by atoms with Crippen LogP contribution < -0.4 is 10.6 Å². The van der Waals surface area contributed by atoms with Crippen molar-refractivity contribution in [3.05, 3.63) is 52.3 Å². The van der Waals surface area contributed by atoms with Crippen molar-refractivity contribution in [1.82, 2.24) is 4.98 Å². The molecule has 0 aliphatic carbocycles. The highest BCUT2D eigenvalue weighted by atomic mass is 35.5. The fourth-order valence-electron chi connectivity index (χ4n) is 1.76. The smallest absolute Gasteiger partial charge is 0.257 e. The number of rotatable bonds is 4. The molecule has 0 saturated heterocycles. The van der Waals surface area contributed by atoms with Crippen LogP contribution in [0.1, 0.15) is 24.2 Å². The van der Waals surface area contributed by atoms with Gasteiger partial charge in [-0.15, -0.1) is 0 Å². The Kier molecular flexibility index (Phi) is 5.04. The van der Waals surface area contributed by atoms with Crippen molar-refractivity contribution in [3.8, 4) is 0 Å². The highest BCUT2D eigenvalue weighted by Crippen LogP contribution is 2.25. The van der Waals surface area contributed by atoms with Gasteiger partial charge < -0.3 is 10.6 Å². The Bertz CT molecular complexity index is 659. The van der Waals surface area contributed by atoms with E-state index >= 15 is 0 Å². The number of hydrogen-bond acceptors (Lipinski definition) is 3. The van der Waals surface area contributed by atoms with Crippen LogP contribution in [0.3, 0.4) is 0 Å². The fourth-order valence-corrected chi connectivity index (χ4v) is 2.22. The number of carbonyl (C=O) groups excluding carboxylic acids is 1. The Hall–Kier alpha value is -1.78. The van der Waals surface area contributed by atoms with Crippen LogP contribution in [0.25, 0.3) is 0 Å². The zero-order chi connectivity index (χ0) is 15.4. The molecule has 0 unspecified atom stereocenters. The van der Waals surface area contributed by atoms with Crippen molar-refractivity contribution in [2.75, 3.05) is 10.6 Å². The Morgan fingerprint density at radius 1 is 1.19 bits per heavy atom. The minimum atomic E-state index is -0.279. The lowest BCUT2D eigenvalue weighted by Crippen LogP contribution is -2.14. The van der Waals surface area contributed by atoms with Gasteiger partial charge in [0.1, 0.15) is 0 Å². The molecule has 0 bridgehead atoms. The zero-order valence-electron chi connectivity index (χ0n) is 11.7. The molecule has 4 nitrogen and oxygen atoms in total. The van der Waals surface area contributed by atoms with Crippen LogP contribution in [0.15, 0.2) is 36.7 Å². The van der Waals surface area contributed by atoms with Crippen LogP contribution in [0, 0.1) is 0 Å². The van der Waals surface area contributed by atoms with E-state index in [1.807, 2.05) is 13.8 Å². The Morgan fingerprint density at radius 2 is 1.95 bits per heavy atom. The number of carbonyl (C=O) groups is 1. The van der Waals surface area contributed by atoms with Gasteiger partial charge in [-0.3, -0.25) is 9.78 Å². The predicted molar refractivity (Wildman–Crippen MR) is 87.4 cm³/mol. The highest BCUT2D eigenvalue weighted by Gasteiger charge is 2.10. The van der Waals surface area contributed by atoms with Crippen molar-refractivity contribution >= 4 is 40.5 Å². The summed E-state index contributed by atoms with van der Waals surface area (Å²) in [4.78, 5) is 16.3. The van der Waals surface area contributed by atoms with E-state index in [9.17, 15) is 4.79 Å². The van der Waals surface area contributed by atoms with E-state index in [2.05, 4.69) is 15.6 Å². The second-order valence-corrected chi connectivity index (χ2v) is 5.68. The summed E-state index contributed by atoms with van der Waals surface area (Å²) < 4.78 is 0. The first-order valence-electron chi connectivity index (χ1n) is 6.43. The monoisotopic (exact) mass is 323 g/mol. The van der Waals surface area contributed by atoms with Gasteiger partial charge >= 0.3 is 0 Å². The summed E-state index contributed by atoms with van der Waals surface area (Å²) in [7, 11) is 0. The maximum absolute atomic E-state index is 12.2. The molecule has 2 N–H and O–H groups in total. The van der Waals surface area contributed by atoms with Crippen LogP contribution in [0.5, 0.6) is 0 Å². The molecule has 0 saturated carbocycles. The number of aromatic nitrogens is 1. The van der Waals surface area contributed by atoms with Gasteiger partial charge in [0.15, 0.2) is 0 Å². The summed E-state index contributed by atoms with van der Waals surface area (Å²) in [5.74, 6) is -0.279. The summed E-state index contributed by atoms with van der Waals surface area (Å²) >= 11 is 11.9. The number of anilines is 2. The molecule has 0 spiro atoms. The van der Waals surface area contributed by atoms with E-state index in [4.69, 9.17) is 23.2 Å². The minimum absolute atomic E-state index is 0.260. The molecule has 0 aliphatic heterocycles. The molecule has 1 heterocycles. The molecule has 1 amide bonds. The SMILES string of the molecule is CC(C)Nc1cncc(C(=O)Nc2ccc(Cl)cc2Cl)c1. The van der Waals surface area contributed by atoms with Crippen molar-refractivity contribution in [2.24, 2.45) is 0 Å². The molecule has 6 heteroatoms. The van der Waals surface area contributed by atoms with E-state index in [1.54, 1.807) is 30.5 Å². The van der Waals surface area contributed by atoms with E-state index < -0.39 is 0 Å². The topological polar surface area (TPSA) is 54.0 Å². The van der Waals surface area contributed by atoms with Crippen LogP contribution in [0.4, 0.5) is 11.4 Å². The van der Waals surface area contributed by atoms with Crippen molar-refractivity contribution in [1.29, 1.82) is 0 Å². The van der Waals surface area contributed by atoms with E-state index in [1.165, 1.54) is 6.20 Å². The van der Waals surface area contributed by atoms with Gasteiger partial charge in [0.05, 0.1) is 22.0 Å². The van der Waals surface area contributed by atoms with Crippen LogP contribution in [-0.2, 0) is 0 Å². The fraction of sp³-hybridized carbons (Fsp3) is 0.200. The van der Waals surface area contributed by atoms with Crippen molar-refractivity contribution in [2.45, 2.75) is 19.9 Å². The molecule has 0 aliphatic rings. The molecular formula is C15H15Cl2N3O. The van der Waals surface area contributed by atoms with E-state index in [0.717, 1.165) is 5.69 Å². The third-order valence-electron chi connectivity index (χ3n) is 2.64. The number of nitrogens with one attached hydrogen (secondary N) is 2. The molecular weight excluding hydrogens is 309 g/mol. The van der Waals surface area contributed by atoms with Crippen molar-refractivity contribution in [3.63, 3.8) is 0 Å². The maximum Gasteiger partial charge on any atom is 0.257 e. The lowest BCUT2D eigenvalue weighted by Gasteiger charge is -2.11. The summed E-state index contributed by atoms with van der Waals surface area (Å²) in [6.07, 6.45) is 3.18. The maximum atomic E-state index is 12.2. The van der Waals surface area contributed by atoms with Gasteiger partial charge in [-0.05, 0) is 38.1 Å². The quantitative estimate of drug-likeness (QED) is 0.873. The van der Waals surface area contributed by atoms with Crippen LogP contribution in [-0.4, -0.2) is 16.9 Å². The lowest BCUT2D eigenvalue weighted by atomic mass is 10.2. The third-order valence-corrected chi connectivity index (χ3v) is 3.18. The number of pyridine rings is 1. The van der Waals surface area contributed by atoms with Gasteiger partial charge in [-0.2, -0.15) is 0 Å². The standard InChI is InChI=1S/C15H15Cl2N3O/c1-9(2)19-12-5-10(7-18-8-12)15(21)20-14-4-3-11(16)6-13(14)17/h3-9,19H,1-2H3,(H,20,21). The van der Waals surface area contributed by atoms with Crippen molar-refractivity contribution < 1.29 is 4.79 Å². The Morgan fingerprint density at radius 3 is 2.62 bits per heavy atom. The molecule has 0 fully saturated rings. The Balaban J connectivity index is 2.16. The van der Waals surface area contributed by atoms with Gasteiger partial charge in [0.25, 0.3) is 5.91 Å². The summed E-state index contributed by atoms with van der Waals surface area (Å²) in [5.41, 5.74) is 1.75. The lowest BCUT2D eigenvalue weighted by molar-refractivity contribution is 0.102. The van der Waals surface area contributed by atoms with E-state index in [0.29, 0.717) is 21.3 Å². The zero-order valence-corrected chi connectivity index (χ0v) is 13.2. The van der Waals surface area contributed by atoms with Crippen LogP contribution >= 0.6 is 23.2 Å². The normalized spacial score (nSPS) is 10.5. The molecule has 2 rings (SSSR count). The largest absolute Gasteiger partial charge is 0.382 e.